The van der Waals surface area contributed by atoms with Gasteiger partial charge in [-0.05, 0) is 69.4 Å². The third-order valence-corrected chi connectivity index (χ3v) is 5.48. The molecule has 0 fully saturated rings. The van der Waals surface area contributed by atoms with Crippen molar-refractivity contribution in [3.63, 3.8) is 0 Å². The van der Waals surface area contributed by atoms with E-state index in [0.717, 1.165) is 18.4 Å². The van der Waals surface area contributed by atoms with Crippen molar-refractivity contribution < 1.29 is 9.72 Å². The van der Waals surface area contributed by atoms with E-state index in [1.165, 1.54) is 16.7 Å². The lowest BCUT2D eigenvalue weighted by atomic mass is 10.0. The number of rotatable bonds is 8. The monoisotopic (exact) mass is 420 g/mol. The zero-order chi connectivity index (χ0) is 22.5. The van der Waals surface area contributed by atoms with E-state index >= 15 is 0 Å². The molecule has 0 aliphatic carbocycles. The van der Waals surface area contributed by atoms with Crippen LogP contribution in [0.4, 0.5) is 5.69 Å². The zero-order valence-electron chi connectivity index (χ0n) is 18.4. The van der Waals surface area contributed by atoms with Crippen molar-refractivity contribution in [2.24, 2.45) is 0 Å². The molecule has 1 heterocycles. The molecule has 0 aliphatic heterocycles. The quantitative estimate of drug-likeness (QED) is 0.331. The number of benzene rings is 2. The molecule has 0 atom stereocenters. The second-order valence-electron chi connectivity index (χ2n) is 7.92. The number of nitrogens with zero attached hydrogens (tertiary/aromatic N) is 3. The molecule has 1 amide bonds. The lowest BCUT2D eigenvalue weighted by Gasteiger charge is -2.09. The Morgan fingerprint density at radius 2 is 1.81 bits per heavy atom. The predicted octanol–water partition coefficient (Wildman–Crippen LogP) is 4.44. The van der Waals surface area contributed by atoms with Crippen LogP contribution in [0.1, 0.15) is 50.4 Å². The van der Waals surface area contributed by atoms with Gasteiger partial charge in [-0.15, -0.1) is 0 Å². The first-order chi connectivity index (χ1) is 14.8. The molecule has 31 heavy (non-hydrogen) atoms. The van der Waals surface area contributed by atoms with Gasteiger partial charge in [0.15, 0.2) is 0 Å². The van der Waals surface area contributed by atoms with Gasteiger partial charge < -0.3 is 5.32 Å². The maximum Gasteiger partial charge on any atom is 0.312 e. The molecule has 2 aromatic carbocycles. The van der Waals surface area contributed by atoms with Crippen LogP contribution in [0.15, 0.2) is 42.5 Å². The van der Waals surface area contributed by atoms with E-state index in [1.54, 1.807) is 30.7 Å². The summed E-state index contributed by atoms with van der Waals surface area (Å²) in [4.78, 5) is 23.2. The lowest BCUT2D eigenvalue weighted by Crippen LogP contribution is -2.24. The Kier molecular flexibility index (Phi) is 6.84. The largest absolute Gasteiger partial charge is 0.352 e. The van der Waals surface area contributed by atoms with Crippen LogP contribution in [0.25, 0.3) is 0 Å². The van der Waals surface area contributed by atoms with Crippen LogP contribution >= 0.6 is 0 Å². The summed E-state index contributed by atoms with van der Waals surface area (Å²) in [5.74, 6) is -0.103. The first-order valence-electron chi connectivity index (χ1n) is 10.4. The van der Waals surface area contributed by atoms with Gasteiger partial charge in [-0.2, -0.15) is 5.10 Å². The van der Waals surface area contributed by atoms with Gasteiger partial charge in [-0.3, -0.25) is 19.6 Å². The van der Waals surface area contributed by atoms with Crippen LogP contribution in [-0.2, 0) is 13.0 Å². The number of hydrogen-bond donors (Lipinski definition) is 1. The molecule has 3 aromatic rings. The molecule has 162 valence electrons. The van der Waals surface area contributed by atoms with E-state index in [-0.39, 0.29) is 11.6 Å². The summed E-state index contributed by atoms with van der Waals surface area (Å²) >= 11 is 0. The minimum Gasteiger partial charge on any atom is -0.352 e. The van der Waals surface area contributed by atoms with Crippen molar-refractivity contribution in [3.8, 4) is 0 Å². The Bertz CT molecular complexity index is 1100. The summed E-state index contributed by atoms with van der Waals surface area (Å²) in [5, 5.41) is 18.4. The summed E-state index contributed by atoms with van der Waals surface area (Å²) in [6.45, 7) is 8.56. The number of hydrogen-bond acceptors (Lipinski definition) is 4. The SMILES string of the molecule is Cc1ccc(CCCNC(=O)c2ccc(Cn3nc(C)c([N+](=O)[O-])c3C)cc2)c(C)c1. The van der Waals surface area contributed by atoms with Crippen molar-refractivity contribution in [3.05, 3.63) is 91.8 Å². The summed E-state index contributed by atoms with van der Waals surface area (Å²) in [7, 11) is 0. The molecule has 0 unspecified atom stereocenters. The van der Waals surface area contributed by atoms with Gasteiger partial charge in [0.2, 0.25) is 0 Å². The van der Waals surface area contributed by atoms with Crippen LogP contribution in [0.2, 0.25) is 0 Å². The molecule has 0 aliphatic rings. The summed E-state index contributed by atoms with van der Waals surface area (Å²) in [6.07, 6.45) is 1.81. The van der Waals surface area contributed by atoms with Gasteiger partial charge >= 0.3 is 5.69 Å². The van der Waals surface area contributed by atoms with Crippen LogP contribution in [0, 0.1) is 37.8 Å². The maximum absolute atomic E-state index is 12.4. The first-order valence-corrected chi connectivity index (χ1v) is 10.4. The summed E-state index contributed by atoms with van der Waals surface area (Å²) < 4.78 is 1.62. The fraction of sp³-hybridized carbons (Fsp3) is 0.333. The minimum atomic E-state index is -0.401. The van der Waals surface area contributed by atoms with E-state index in [4.69, 9.17) is 0 Å². The molecular weight excluding hydrogens is 392 g/mol. The highest BCUT2D eigenvalue weighted by Crippen LogP contribution is 2.22. The average Bonchev–Trinajstić information content (AvgIpc) is 3.00. The smallest absolute Gasteiger partial charge is 0.312 e. The van der Waals surface area contributed by atoms with E-state index in [0.29, 0.717) is 30.0 Å². The highest BCUT2D eigenvalue weighted by Gasteiger charge is 2.21. The third-order valence-electron chi connectivity index (χ3n) is 5.48. The van der Waals surface area contributed by atoms with Gasteiger partial charge in [0.25, 0.3) is 5.91 Å². The fourth-order valence-electron chi connectivity index (χ4n) is 3.75. The third kappa shape index (κ3) is 5.36. The number of carbonyl (C=O) groups is 1. The molecular formula is C24H28N4O3. The molecule has 7 nitrogen and oxygen atoms in total. The maximum atomic E-state index is 12.4. The molecule has 1 N–H and O–H groups in total. The second kappa shape index (κ2) is 9.55. The Labute approximate surface area is 182 Å². The number of aryl methyl sites for hydroxylation is 4. The Balaban J connectivity index is 1.53. The van der Waals surface area contributed by atoms with Crippen LogP contribution < -0.4 is 5.32 Å². The van der Waals surface area contributed by atoms with Gasteiger partial charge in [-0.1, -0.05) is 35.9 Å². The van der Waals surface area contributed by atoms with Crippen molar-refractivity contribution in [2.45, 2.75) is 47.1 Å². The predicted molar refractivity (Wildman–Crippen MR) is 120 cm³/mol. The zero-order valence-corrected chi connectivity index (χ0v) is 18.4. The normalized spacial score (nSPS) is 10.8. The minimum absolute atomic E-state index is 0.0526. The number of nitrogens with one attached hydrogen (secondary N) is 1. The molecule has 0 radical (unpaired) electrons. The first kappa shape index (κ1) is 22.2. The van der Waals surface area contributed by atoms with Crippen molar-refractivity contribution in [1.82, 2.24) is 15.1 Å². The van der Waals surface area contributed by atoms with Gasteiger partial charge in [0.1, 0.15) is 11.4 Å². The van der Waals surface area contributed by atoms with E-state index in [1.807, 2.05) is 12.1 Å². The van der Waals surface area contributed by atoms with Gasteiger partial charge in [-0.25, -0.2) is 0 Å². The van der Waals surface area contributed by atoms with Crippen LogP contribution in [0.3, 0.4) is 0 Å². The fourth-order valence-corrected chi connectivity index (χ4v) is 3.75. The lowest BCUT2D eigenvalue weighted by molar-refractivity contribution is -0.386. The van der Waals surface area contributed by atoms with E-state index in [2.05, 4.69) is 42.5 Å². The average molecular weight is 421 g/mol. The molecule has 0 saturated carbocycles. The highest BCUT2D eigenvalue weighted by molar-refractivity contribution is 5.94. The molecule has 7 heteroatoms. The number of aromatic nitrogens is 2. The van der Waals surface area contributed by atoms with Crippen LogP contribution in [0.5, 0.6) is 0 Å². The number of nitro groups is 1. The van der Waals surface area contributed by atoms with Crippen LogP contribution in [-0.4, -0.2) is 27.2 Å². The Morgan fingerprint density at radius 3 is 2.42 bits per heavy atom. The summed E-state index contributed by atoms with van der Waals surface area (Å²) in [5.41, 5.74) is 6.35. The molecule has 0 bridgehead atoms. The Hall–Kier alpha value is -3.48. The summed E-state index contributed by atoms with van der Waals surface area (Å²) in [6, 6.07) is 13.7. The van der Waals surface area contributed by atoms with Gasteiger partial charge in [0.05, 0.1) is 11.5 Å². The standard InChI is InChI=1S/C24H28N4O3/c1-16-7-10-21(17(2)14-16)6-5-13-25-24(29)22-11-8-20(9-12-22)15-27-19(4)23(28(30)31)18(3)26-27/h7-12,14H,5-6,13,15H2,1-4H3,(H,25,29). The molecule has 1 aromatic heterocycles. The molecule has 0 saturated heterocycles. The van der Waals surface area contributed by atoms with E-state index < -0.39 is 4.92 Å². The second-order valence-corrected chi connectivity index (χ2v) is 7.92. The van der Waals surface area contributed by atoms with Gasteiger partial charge in [0, 0.05) is 12.1 Å². The van der Waals surface area contributed by atoms with Crippen molar-refractivity contribution in [1.29, 1.82) is 0 Å². The molecule has 3 rings (SSSR count). The van der Waals surface area contributed by atoms with Crippen molar-refractivity contribution >= 4 is 11.6 Å². The highest BCUT2D eigenvalue weighted by atomic mass is 16.6. The van der Waals surface area contributed by atoms with Crippen molar-refractivity contribution in [2.75, 3.05) is 6.54 Å². The Morgan fingerprint density at radius 1 is 1.10 bits per heavy atom. The molecule has 0 spiro atoms. The topological polar surface area (TPSA) is 90.1 Å². The van der Waals surface area contributed by atoms with E-state index in [9.17, 15) is 14.9 Å². The number of carbonyl (C=O) groups excluding carboxylic acids is 1. The number of amides is 1.